The molecule has 0 spiro atoms. The SMILES string of the molecule is CCC1CCC(NC2COC(C)(C)OC2)CC1. The van der Waals surface area contributed by atoms with E-state index in [0.29, 0.717) is 12.1 Å². The average molecular weight is 241 g/mol. The molecule has 1 aliphatic heterocycles. The van der Waals surface area contributed by atoms with Crippen LogP contribution in [0.5, 0.6) is 0 Å². The van der Waals surface area contributed by atoms with Crippen molar-refractivity contribution in [3.63, 3.8) is 0 Å². The largest absolute Gasteiger partial charge is 0.349 e. The summed E-state index contributed by atoms with van der Waals surface area (Å²) in [4.78, 5) is 0. The summed E-state index contributed by atoms with van der Waals surface area (Å²) in [5.74, 6) is 0.573. The molecule has 17 heavy (non-hydrogen) atoms. The van der Waals surface area contributed by atoms with Crippen LogP contribution in [0.25, 0.3) is 0 Å². The van der Waals surface area contributed by atoms with E-state index < -0.39 is 5.79 Å². The monoisotopic (exact) mass is 241 g/mol. The molecule has 1 saturated heterocycles. The number of ether oxygens (including phenoxy) is 2. The number of rotatable bonds is 3. The standard InChI is InChI=1S/C14H27NO2/c1-4-11-5-7-12(8-6-11)15-13-9-16-14(2,3)17-10-13/h11-13,15H,4-10H2,1-3H3. The van der Waals surface area contributed by atoms with E-state index in [9.17, 15) is 0 Å². The van der Waals surface area contributed by atoms with Crippen molar-refractivity contribution < 1.29 is 9.47 Å². The lowest BCUT2D eigenvalue weighted by molar-refractivity contribution is -0.253. The zero-order valence-electron chi connectivity index (χ0n) is 11.5. The molecular formula is C14H27NO2. The van der Waals surface area contributed by atoms with Crippen molar-refractivity contribution in [2.45, 2.75) is 70.7 Å². The topological polar surface area (TPSA) is 30.5 Å². The molecule has 1 heterocycles. The molecule has 0 aromatic heterocycles. The first-order chi connectivity index (χ1) is 8.09. The van der Waals surface area contributed by atoms with Crippen molar-refractivity contribution in [3.8, 4) is 0 Å². The highest BCUT2D eigenvalue weighted by molar-refractivity contribution is 4.82. The quantitative estimate of drug-likeness (QED) is 0.824. The Morgan fingerprint density at radius 3 is 2.12 bits per heavy atom. The molecule has 1 aliphatic carbocycles. The second kappa shape index (κ2) is 5.68. The van der Waals surface area contributed by atoms with Crippen LogP contribution in [0.4, 0.5) is 0 Å². The predicted molar refractivity (Wildman–Crippen MR) is 68.9 cm³/mol. The van der Waals surface area contributed by atoms with Gasteiger partial charge in [0.2, 0.25) is 0 Å². The minimum atomic E-state index is -0.391. The molecule has 1 saturated carbocycles. The highest BCUT2D eigenvalue weighted by Crippen LogP contribution is 2.27. The molecular weight excluding hydrogens is 214 g/mol. The van der Waals surface area contributed by atoms with Crippen molar-refractivity contribution in [2.24, 2.45) is 5.92 Å². The molecule has 2 aliphatic rings. The molecule has 1 N–H and O–H groups in total. The minimum Gasteiger partial charge on any atom is -0.349 e. The predicted octanol–water partition coefficient (Wildman–Crippen LogP) is 2.70. The van der Waals surface area contributed by atoms with Crippen molar-refractivity contribution in [1.82, 2.24) is 5.32 Å². The van der Waals surface area contributed by atoms with Crippen LogP contribution in [0.3, 0.4) is 0 Å². The first-order valence-electron chi connectivity index (χ1n) is 7.13. The van der Waals surface area contributed by atoms with Crippen molar-refractivity contribution >= 4 is 0 Å². The van der Waals surface area contributed by atoms with Crippen LogP contribution in [0.2, 0.25) is 0 Å². The number of hydrogen-bond donors (Lipinski definition) is 1. The van der Waals surface area contributed by atoms with E-state index in [2.05, 4.69) is 12.2 Å². The summed E-state index contributed by atoms with van der Waals surface area (Å²) in [5, 5.41) is 3.69. The van der Waals surface area contributed by atoms with Crippen LogP contribution < -0.4 is 5.32 Å². The smallest absolute Gasteiger partial charge is 0.162 e. The van der Waals surface area contributed by atoms with Crippen LogP contribution in [0.15, 0.2) is 0 Å². The Morgan fingerprint density at radius 2 is 1.59 bits per heavy atom. The van der Waals surface area contributed by atoms with Crippen molar-refractivity contribution in [3.05, 3.63) is 0 Å². The molecule has 2 rings (SSSR count). The number of nitrogens with one attached hydrogen (secondary N) is 1. The lowest BCUT2D eigenvalue weighted by Crippen LogP contribution is -2.52. The van der Waals surface area contributed by atoms with E-state index in [1.165, 1.54) is 32.1 Å². The van der Waals surface area contributed by atoms with Gasteiger partial charge in [-0.05, 0) is 45.4 Å². The van der Waals surface area contributed by atoms with E-state index >= 15 is 0 Å². The Bertz CT molecular complexity index is 224. The summed E-state index contributed by atoms with van der Waals surface area (Å²) < 4.78 is 11.4. The summed E-state index contributed by atoms with van der Waals surface area (Å²) in [6.07, 6.45) is 6.75. The van der Waals surface area contributed by atoms with Gasteiger partial charge in [-0.1, -0.05) is 13.3 Å². The fraction of sp³-hybridized carbons (Fsp3) is 1.00. The second-order valence-corrected chi connectivity index (χ2v) is 6.01. The van der Waals surface area contributed by atoms with Gasteiger partial charge in [-0.3, -0.25) is 0 Å². The Kier molecular flexibility index (Phi) is 4.45. The van der Waals surface area contributed by atoms with Gasteiger partial charge in [0, 0.05) is 6.04 Å². The highest BCUT2D eigenvalue weighted by Gasteiger charge is 2.30. The second-order valence-electron chi connectivity index (χ2n) is 6.01. The van der Waals surface area contributed by atoms with E-state index in [4.69, 9.17) is 9.47 Å². The maximum Gasteiger partial charge on any atom is 0.162 e. The van der Waals surface area contributed by atoms with Gasteiger partial charge in [0.15, 0.2) is 5.79 Å². The Labute approximate surface area is 105 Å². The molecule has 0 amide bonds. The molecule has 0 aromatic rings. The Balaban J connectivity index is 1.69. The van der Waals surface area contributed by atoms with Gasteiger partial charge in [-0.25, -0.2) is 0 Å². The Morgan fingerprint density at radius 1 is 1.00 bits per heavy atom. The third kappa shape index (κ3) is 3.94. The summed E-state index contributed by atoms with van der Waals surface area (Å²) in [6, 6.07) is 1.06. The van der Waals surface area contributed by atoms with E-state index in [-0.39, 0.29) is 0 Å². The molecule has 0 aromatic carbocycles. The summed E-state index contributed by atoms with van der Waals surface area (Å²) in [5.41, 5.74) is 0. The molecule has 2 fully saturated rings. The van der Waals surface area contributed by atoms with Crippen LogP contribution in [-0.2, 0) is 9.47 Å². The number of hydrogen-bond acceptors (Lipinski definition) is 3. The summed E-state index contributed by atoms with van der Waals surface area (Å²) in [7, 11) is 0. The lowest BCUT2D eigenvalue weighted by atomic mass is 9.84. The third-order valence-corrected chi connectivity index (χ3v) is 4.16. The third-order valence-electron chi connectivity index (χ3n) is 4.16. The molecule has 0 radical (unpaired) electrons. The van der Waals surface area contributed by atoms with Gasteiger partial charge in [-0.2, -0.15) is 0 Å². The van der Waals surface area contributed by atoms with E-state index in [1.54, 1.807) is 0 Å². The maximum absolute atomic E-state index is 5.68. The Hall–Kier alpha value is -0.120. The van der Waals surface area contributed by atoms with Crippen LogP contribution >= 0.6 is 0 Å². The fourth-order valence-electron chi connectivity index (χ4n) is 2.86. The zero-order valence-corrected chi connectivity index (χ0v) is 11.5. The van der Waals surface area contributed by atoms with Crippen LogP contribution in [0, 0.1) is 5.92 Å². The minimum absolute atomic E-state index is 0.381. The van der Waals surface area contributed by atoms with Gasteiger partial charge in [-0.15, -0.1) is 0 Å². The van der Waals surface area contributed by atoms with E-state index in [0.717, 1.165) is 19.1 Å². The average Bonchev–Trinajstić information content (AvgIpc) is 2.33. The van der Waals surface area contributed by atoms with Crippen LogP contribution in [-0.4, -0.2) is 31.1 Å². The van der Waals surface area contributed by atoms with Gasteiger partial charge >= 0.3 is 0 Å². The van der Waals surface area contributed by atoms with Crippen molar-refractivity contribution in [2.75, 3.05) is 13.2 Å². The fourth-order valence-corrected chi connectivity index (χ4v) is 2.86. The normalized spacial score (nSPS) is 34.8. The molecule has 0 unspecified atom stereocenters. The molecule has 100 valence electrons. The van der Waals surface area contributed by atoms with Gasteiger partial charge in [0.05, 0.1) is 19.3 Å². The van der Waals surface area contributed by atoms with Gasteiger partial charge in [0.25, 0.3) is 0 Å². The first kappa shape index (κ1) is 13.3. The van der Waals surface area contributed by atoms with Crippen molar-refractivity contribution in [1.29, 1.82) is 0 Å². The van der Waals surface area contributed by atoms with Gasteiger partial charge < -0.3 is 14.8 Å². The molecule has 0 atom stereocenters. The highest BCUT2D eigenvalue weighted by atomic mass is 16.7. The summed E-state index contributed by atoms with van der Waals surface area (Å²) in [6.45, 7) is 7.83. The first-order valence-corrected chi connectivity index (χ1v) is 7.13. The van der Waals surface area contributed by atoms with Crippen LogP contribution in [0.1, 0.15) is 52.9 Å². The van der Waals surface area contributed by atoms with E-state index in [1.807, 2.05) is 13.8 Å². The maximum atomic E-state index is 5.68. The molecule has 0 bridgehead atoms. The zero-order chi connectivity index (χ0) is 12.3. The molecule has 3 nitrogen and oxygen atoms in total. The lowest BCUT2D eigenvalue weighted by Gasteiger charge is -2.38. The molecule has 3 heteroatoms. The summed E-state index contributed by atoms with van der Waals surface area (Å²) >= 11 is 0. The van der Waals surface area contributed by atoms with Gasteiger partial charge in [0.1, 0.15) is 0 Å².